The highest BCUT2D eigenvalue weighted by Crippen LogP contribution is 2.10. The fourth-order valence-electron chi connectivity index (χ4n) is 0.948. The second kappa shape index (κ2) is 8.04. The second-order valence-corrected chi connectivity index (χ2v) is 5.14. The van der Waals surface area contributed by atoms with Crippen LogP contribution in [0.5, 0.6) is 0 Å². The molecule has 0 amide bonds. The molecule has 0 saturated carbocycles. The average Bonchev–Trinajstić information content (AvgIpc) is 2.05. The quantitative estimate of drug-likeness (QED) is 0.474. The third-order valence-corrected chi connectivity index (χ3v) is 4.69. The van der Waals surface area contributed by atoms with Gasteiger partial charge in [0.25, 0.3) is 0 Å². The molecule has 4 heteroatoms. The van der Waals surface area contributed by atoms with Gasteiger partial charge in [-0.15, -0.1) is 11.6 Å². The van der Waals surface area contributed by atoms with Gasteiger partial charge in [-0.3, -0.25) is 0 Å². The summed E-state index contributed by atoms with van der Waals surface area (Å²) in [5, 5.41) is 0. The molecular weight excluding hydrogens is 192 g/mol. The minimum absolute atomic E-state index is 0.515. The first kappa shape index (κ1) is 12.4. The molecular formula is C8H19ClO2Si. The van der Waals surface area contributed by atoms with Crippen molar-refractivity contribution in [1.29, 1.82) is 0 Å². The van der Waals surface area contributed by atoms with Gasteiger partial charge in [0, 0.05) is 19.1 Å². The van der Waals surface area contributed by atoms with Crippen LogP contribution in [0.1, 0.15) is 20.8 Å². The van der Waals surface area contributed by atoms with E-state index in [1.54, 1.807) is 0 Å². The highest BCUT2D eigenvalue weighted by Gasteiger charge is 2.15. The summed E-state index contributed by atoms with van der Waals surface area (Å²) in [5.41, 5.74) is 0. The van der Waals surface area contributed by atoms with Crippen molar-refractivity contribution in [1.82, 2.24) is 0 Å². The van der Waals surface area contributed by atoms with Crippen LogP contribution in [0.4, 0.5) is 0 Å². The smallest absolute Gasteiger partial charge is 0.321 e. The Labute approximate surface area is 82.0 Å². The van der Waals surface area contributed by atoms with E-state index in [4.69, 9.17) is 20.5 Å². The molecule has 0 rings (SSSR count). The van der Waals surface area contributed by atoms with E-state index in [2.05, 4.69) is 6.92 Å². The van der Waals surface area contributed by atoms with Gasteiger partial charge in [-0.25, -0.2) is 0 Å². The Morgan fingerprint density at radius 2 is 1.75 bits per heavy atom. The Bertz CT molecular complexity index is 97.1. The van der Waals surface area contributed by atoms with Gasteiger partial charge in [0.15, 0.2) is 0 Å². The molecule has 0 radical (unpaired) electrons. The summed E-state index contributed by atoms with van der Waals surface area (Å²) in [6.45, 7) is 7.65. The third kappa shape index (κ3) is 6.00. The lowest BCUT2D eigenvalue weighted by Gasteiger charge is -2.17. The molecule has 0 spiro atoms. The average molecular weight is 211 g/mol. The summed E-state index contributed by atoms with van der Waals surface area (Å²) >= 11 is 5.71. The number of rotatable bonds is 7. The van der Waals surface area contributed by atoms with Gasteiger partial charge in [0.05, 0.1) is 0 Å². The van der Waals surface area contributed by atoms with Crippen molar-refractivity contribution >= 4 is 20.9 Å². The molecule has 0 heterocycles. The maximum atomic E-state index is 5.71. The molecule has 0 aromatic heterocycles. The Balaban J connectivity index is 3.61. The molecule has 2 nitrogen and oxygen atoms in total. The van der Waals surface area contributed by atoms with Crippen LogP contribution in [-0.4, -0.2) is 28.4 Å². The van der Waals surface area contributed by atoms with Crippen molar-refractivity contribution in [2.45, 2.75) is 26.8 Å². The van der Waals surface area contributed by atoms with Crippen LogP contribution in [0.25, 0.3) is 0 Å². The first-order valence-corrected chi connectivity index (χ1v) is 6.83. The number of halogens is 1. The van der Waals surface area contributed by atoms with Crippen LogP contribution in [0.15, 0.2) is 0 Å². The molecule has 74 valence electrons. The Morgan fingerprint density at radius 1 is 1.25 bits per heavy atom. The maximum Gasteiger partial charge on any atom is 0.321 e. The van der Waals surface area contributed by atoms with Gasteiger partial charge in [-0.05, 0) is 25.8 Å². The molecule has 1 unspecified atom stereocenters. The molecule has 12 heavy (non-hydrogen) atoms. The Hall–Kier alpha value is 0.427. The van der Waals surface area contributed by atoms with E-state index >= 15 is 0 Å². The highest BCUT2D eigenvalue weighted by molar-refractivity contribution is 6.44. The molecule has 0 bridgehead atoms. The van der Waals surface area contributed by atoms with E-state index in [1.165, 1.54) is 0 Å². The summed E-state index contributed by atoms with van der Waals surface area (Å²) in [4.78, 5) is 0. The van der Waals surface area contributed by atoms with Crippen LogP contribution in [0.3, 0.4) is 0 Å². The van der Waals surface area contributed by atoms with Crippen LogP contribution in [0.2, 0.25) is 6.04 Å². The largest absolute Gasteiger partial charge is 0.397 e. The molecule has 0 aliphatic heterocycles. The van der Waals surface area contributed by atoms with Crippen molar-refractivity contribution in [2.75, 3.05) is 19.1 Å². The van der Waals surface area contributed by atoms with E-state index in [1.807, 2.05) is 13.8 Å². The number of hydrogen-bond acceptors (Lipinski definition) is 2. The zero-order valence-electron chi connectivity index (χ0n) is 8.18. The molecule has 0 saturated heterocycles. The predicted octanol–water partition coefficient (Wildman–Crippen LogP) is 2.15. The van der Waals surface area contributed by atoms with Crippen LogP contribution in [-0.2, 0) is 8.85 Å². The lowest BCUT2D eigenvalue weighted by Crippen LogP contribution is -2.25. The lowest BCUT2D eigenvalue weighted by atomic mass is 10.3. The van der Waals surface area contributed by atoms with Crippen molar-refractivity contribution < 1.29 is 8.85 Å². The van der Waals surface area contributed by atoms with Gasteiger partial charge in [-0.2, -0.15) is 0 Å². The van der Waals surface area contributed by atoms with Gasteiger partial charge in [0.1, 0.15) is 0 Å². The summed E-state index contributed by atoms with van der Waals surface area (Å²) in [5.74, 6) is 1.21. The predicted molar refractivity (Wildman–Crippen MR) is 55.1 cm³/mol. The monoisotopic (exact) mass is 210 g/mol. The number of alkyl halides is 1. The Morgan fingerprint density at radius 3 is 2.08 bits per heavy atom. The van der Waals surface area contributed by atoms with E-state index in [-0.39, 0.29) is 0 Å². The minimum Gasteiger partial charge on any atom is -0.397 e. The third-order valence-electron chi connectivity index (χ3n) is 1.56. The summed E-state index contributed by atoms with van der Waals surface area (Å²) in [6.07, 6.45) is 0. The van der Waals surface area contributed by atoms with Gasteiger partial charge in [-0.1, -0.05) is 6.92 Å². The van der Waals surface area contributed by atoms with Crippen LogP contribution < -0.4 is 0 Å². The lowest BCUT2D eigenvalue weighted by molar-refractivity contribution is 0.210. The van der Waals surface area contributed by atoms with Crippen molar-refractivity contribution in [3.63, 3.8) is 0 Å². The molecule has 0 fully saturated rings. The molecule has 1 atom stereocenters. The summed E-state index contributed by atoms with van der Waals surface area (Å²) < 4.78 is 11.0. The van der Waals surface area contributed by atoms with E-state index in [0.29, 0.717) is 11.8 Å². The molecule has 0 N–H and O–H groups in total. The molecule has 0 aromatic carbocycles. The van der Waals surface area contributed by atoms with Crippen molar-refractivity contribution in [2.24, 2.45) is 5.92 Å². The zero-order chi connectivity index (χ0) is 9.40. The Kier molecular flexibility index (Phi) is 8.33. The first-order valence-electron chi connectivity index (χ1n) is 4.53. The standard InChI is InChI=1S/C8H19ClO2Si/c1-4-10-12(11-5-2)7-8(3)6-9/h8,12H,4-7H2,1-3H3. The van der Waals surface area contributed by atoms with Crippen LogP contribution >= 0.6 is 11.6 Å². The van der Waals surface area contributed by atoms with Gasteiger partial charge >= 0.3 is 9.28 Å². The van der Waals surface area contributed by atoms with Crippen molar-refractivity contribution in [3.05, 3.63) is 0 Å². The zero-order valence-corrected chi connectivity index (χ0v) is 10.1. The van der Waals surface area contributed by atoms with Crippen molar-refractivity contribution in [3.8, 4) is 0 Å². The van der Waals surface area contributed by atoms with E-state index < -0.39 is 9.28 Å². The van der Waals surface area contributed by atoms with Gasteiger partial charge in [0.2, 0.25) is 0 Å². The molecule has 0 aliphatic carbocycles. The highest BCUT2D eigenvalue weighted by atomic mass is 35.5. The van der Waals surface area contributed by atoms with E-state index in [9.17, 15) is 0 Å². The van der Waals surface area contributed by atoms with Crippen LogP contribution in [0, 0.1) is 5.92 Å². The minimum atomic E-state index is -1.39. The summed E-state index contributed by atoms with van der Waals surface area (Å²) in [6, 6.07) is 1.02. The van der Waals surface area contributed by atoms with E-state index in [0.717, 1.165) is 19.3 Å². The first-order chi connectivity index (χ1) is 5.74. The van der Waals surface area contributed by atoms with Gasteiger partial charge < -0.3 is 8.85 Å². The number of hydrogen-bond donors (Lipinski definition) is 0. The fraction of sp³-hybridized carbons (Fsp3) is 1.00. The topological polar surface area (TPSA) is 18.5 Å². The normalized spacial score (nSPS) is 13.8. The summed E-state index contributed by atoms with van der Waals surface area (Å²) in [7, 11) is -1.39. The molecule has 0 aromatic rings. The molecule has 0 aliphatic rings. The second-order valence-electron chi connectivity index (χ2n) is 2.84. The maximum absolute atomic E-state index is 5.71. The fourth-order valence-corrected chi connectivity index (χ4v) is 3.22. The SMILES string of the molecule is CCO[SiH](CC(C)CCl)OCC.